The maximum Gasteiger partial charge on any atom is 0.234 e. The van der Waals surface area contributed by atoms with Crippen molar-refractivity contribution in [2.45, 2.75) is 43.7 Å². The molecule has 2 N–H and O–H groups in total. The Balaban J connectivity index is 0.00000361. The third-order valence-corrected chi connectivity index (χ3v) is 8.40. The van der Waals surface area contributed by atoms with Crippen molar-refractivity contribution in [3.63, 3.8) is 0 Å². The first-order valence-corrected chi connectivity index (χ1v) is 14.6. The number of halogens is 2. The minimum Gasteiger partial charge on any atom is -2.00 e. The number of rotatable bonds is 14. The van der Waals surface area contributed by atoms with Crippen LogP contribution in [0.4, 0.5) is 0 Å². The predicted molar refractivity (Wildman–Crippen MR) is 153 cm³/mol. The Hall–Kier alpha value is -0.0577. The van der Waals surface area contributed by atoms with Crippen LogP contribution in [-0.2, 0) is 40.2 Å². The fourth-order valence-electron chi connectivity index (χ4n) is 5.71. The quantitative estimate of drug-likeness (QED) is 0.172. The minimum absolute atomic E-state index is 0. The van der Waals surface area contributed by atoms with Gasteiger partial charge in [-0.2, -0.15) is 25.3 Å². The van der Waals surface area contributed by atoms with Crippen molar-refractivity contribution >= 4 is 60.3 Å². The molecule has 2 bridgehead atoms. The van der Waals surface area contributed by atoms with E-state index in [9.17, 15) is 9.59 Å². The fraction of sp³-hybridized carbons (Fsp3) is 0.680. The van der Waals surface area contributed by atoms with Gasteiger partial charge in [-0.1, -0.05) is 29.3 Å². The van der Waals surface area contributed by atoms with Crippen molar-refractivity contribution in [1.29, 1.82) is 0 Å². The van der Waals surface area contributed by atoms with E-state index in [1.165, 1.54) is 0 Å². The molecule has 38 heavy (non-hydrogen) atoms. The van der Waals surface area contributed by atoms with Gasteiger partial charge in [0.2, 0.25) is 11.8 Å². The average Bonchev–Trinajstić information content (AvgIpc) is 3.13. The van der Waals surface area contributed by atoms with Crippen LogP contribution in [0.5, 0.6) is 0 Å². The Morgan fingerprint density at radius 2 is 1.89 bits per heavy atom. The van der Waals surface area contributed by atoms with E-state index in [0.29, 0.717) is 40.7 Å². The monoisotopic (exact) mass is 779 g/mol. The second kappa shape index (κ2) is 18.4. The summed E-state index contributed by atoms with van der Waals surface area (Å²) >= 11 is 21.0. The Morgan fingerprint density at radius 3 is 2.55 bits per heavy atom. The number of amides is 2. The van der Waals surface area contributed by atoms with Crippen LogP contribution in [0.1, 0.15) is 37.2 Å². The zero-order chi connectivity index (χ0) is 26.1. The topological polar surface area (TPSA) is 102 Å². The summed E-state index contributed by atoms with van der Waals surface area (Å²) in [5.74, 6) is 1.22. The van der Waals surface area contributed by atoms with E-state index >= 15 is 0 Å². The van der Waals surface area contributed by atoms with E-state index < -0.39 is 0 Å². The van der Waals surface area contributed by atoms with E-state index in [2.05, 4.69) is 45.7 Å². The molecule has 2 heterocycles. The van der Waals surface area contributed by atoms with Crippen LogP contribution in [0, 0.1) is 5.92 Å². The maximum atomic E-state index is 13.4. The Kier molecular flexibility index (Phi) is 17.4. The van der Waals surface area contributed by atoms with Crippen molar-refractivity contribution in [2.75, 3.05) is 58.1 Å². The summed E-state index contributed by atoms with van der Waals surface area (Å²) in [7, 11) is 1.57. The van der Waals surface area contributed by atoms with Crippen LogP contribution < -0.4 is 10.6 Å². The van der Waals surface area contributed by atoms with E-state index in [1.54, 1.807) is 7.11 Å². The number of hydrogen-bond acceptors (Lipinski definition) is 7. The molecule has 0 aliphatic carbocycles. The normalized spacial score (nSPS) is 22.5. The smallest absolute Gasteiger partial charge is 0.234 e. The second-order valence-electron chi connectivity index (χ2n) is 9.48. The average molecular weight is 780 g/mol. The summed E-state index contributed by atoms with van der Waals surface area (Å²) in [6.45, 7) is 3.57. The van der Waals surface area contributed by atoms with Crippen molar-refractivity contribution in [3.05, 3.63) is 33.8 Å². The zero-order valence-electron chi connectivity index (χ0n) is 21.6. The van der Waals surface area contributed by atoms with Crippen LogP contribution >= 0.6 is 48.5 Å². The molecule has 8 nitrogen and oxygen atoms in total. The van der Waals surface area contributed by atoms with Crippen molar-refractivity contribution in [3.8, 4) is 0 Å². The number of piperidine rings is 1. The molecule has 217 valence electrons. The van der Waals surface area contributed by atoms with Crippen LogP contribution in [0.3, 0.4) is 0 Å². The molecule has 1 unspecified atom stereocenters. The number of methoxy groups -OCH3 is 1. The molecular weight excluding hydrogens is 742 g/mol. The van der Waals surface area contributed by atoms with Gasteiger partial charge in [-0.05, 0) is 62.4 Å². The largest absolute Gasteiger partial charge is 2.00 e. The first-order valence-electron chi connectivity index (χ1n) is 12.6. The number of hydrogen-bond donors (Lipinski definition) is 4. The summed E-state index contributed by atoms with van der Waals surface area (Å²) in [5.41, 5.74) is 1.06. The van der Waals surface area contributed by atoms with Crippen LogP contribution in [-0.4, -0.2) is 91.8 Å². The van der Waals surface area contributed by atoms with Crippen molar-refractivity contribution < 1.29 is 40.2 Å². The van der Waals surface area contributed by atoms with Gasteiger partial charge in [0, 0.05) is 64.2 Å². The molecular formula is C25H38Cl2N4O4ReS2-2. The van der Waals surface area contributed by atoms with Gasteiger partial charge in [0.1, 0.15) is 6.73 Å². The van der Waals surface area contributed by atoms with E-state index in [0.717, 1.165) is 50.9 Å². The molecule has 1 aromatic carbocycles. The van der Waals surface area contributed by atoms with Crippen molar-refractivity contribution in [2.24, 2.45) is 5.92 Å². The maximum absolute atomic E-state index is 13.4. The third kappa shape index (κ3) is 9.79. The standard InChI is InChI=1S/C25H38Cl2N4O3S2.O.Re/c1-34-16-29-25(33)24-19(17-3-5-20(26)21(27)13-17)14-18-4-6-22(24)31(18)9-2-8-30(10-12-36)15-23(32)28-7-11-35;;/h3,5,13,18-19,22,24,35-36H,2,4,6-12,14-16H2,1H3,(H,28,32)(H,29,33);;/q;-2;/t18?,19-,22-,24+;;/m1../s1. The van der Waals surface area contributed by atoms with Gasteiger partial charge in [-0.25, -0.2) is 0 Å². The number of carbonyl (C=O) groups is 2. The first kappa shape index (κ1) is 36.0. The Bertz CT molecular complexity index is 892. The van der Waals surface area contributed by atoms with Gasteiger partial charge >= 0.3 is 0 Å². The second-order valence-corrected chi connectivity index (χ2v) is 11.2. The Morgan fingerprint density at radius 1 is 1.13 bits per heavy atom. The molecule has 3 rings (SSSR count). The molecule has 2 fully saturated rings. The molecule has 2 amide bonds. The molecule has 1 radical (unpaired) electrons. The molecule has 0 saturated carbocycles. The predicted octanol–water partition coefficient (Wildman–Crippen LogP) is 3.20. The molecule has 1 aromatic rings. The van der Waals surface area contributed by atoms with Gasteiger partial charge in [-0.3, -0.25) is 19.4 Å². The summed E-state index contributed by atoms with van der Waals surface area (Å²) in [4.78, 5) is 30.2. The van der Waals surface area contributed by atoms with Crippen LogP contribution in [0.2, 0.25) is 10.0 Å². The number of fused-ring (bicyclic) bond motifs is 2. The number of benzene rings is 1. The number of nitrogens with zero attached hydrogens (tertiary/aromatic N) is 2. The zero-order valence-corrected chi connectivity index (χ0v) is 27.6. The molecule has 0 spiro atoms. The molecule has 2 saturated heterocycles. The molecule has 2 aliphatic rings. The molecule has 4 atom stereocenters. The van der Waals surface area contributed by atoms with Crippen LogP contribution in [0.15, 0.2) is 18.2 Å². The van der Waals surface area contributed by atoms with E-state index in [1.807, 2.05) is 18.2 Å². The molecule has 13 heteroatoms. The number of thiol groups is 2. The summed E-state index contributed by atoms with van der Waals surface area (Å²) in [6.07, 6.45) is 3.87. The van der Waals surface area contributed by atoms with E-state index in [-0.39, 0.29) is 62.3 Å². The van der Waals surface area contributed by atoms with Crippen molar-refractivity contribution in [1.82, 2.24) is 20.4 Å². The number of nitrogens with one attached hydrogen (secondary N) is 2. The van der Waals surface area contributed by atoms with Gasteiger partial charge in [-0.15, -0.1) is 0 Å². The minimum atomic E-state index is -0.198. The summed E-state index contributed by atoms with van der Waals surface area (Å²) in [5, 5.41) is 6.87. The van der Waals surface area contributed by atoms with Gasteiger partial charge in [0.15, 0.2) is 0 Å². The first-order chi connectivity index (χ1) is 17.4. The van der Waals surface area contributed by atoms with Crippen LogP contribution in [0.25, 0.3) is 0 Å². The molecule has 2 aliphatic heterocycles. The summed E-state index contributed by atoms with van der Waals surface area (Å²) < 4.78 is 5.12. The number of carbonyl (C=O) groups excluding carboxylic acids is 2. The fourth-order valence-corrected chi connectivity index (χ4v) is 6.41. The summed E-state index contributed by atoms with van der Waals surface area (Å²) in [6, 6.07) is 6.29. The SMILES string of the molecule is COCNC(=O)[C@H]1[C@@H](c2ccc(Cl)c(Cl)c2)CC2CC[C@H]1N2CCCN(CCS)CC(=O)NCCS.[O-2].[Re]. The van der Waals surface area contributed by atoms with E-state index in [4.69, 9.17) is 27.9 Å². The van der Waals surface area contributed by atoms with Gasteiger partial charge < -0.3 is 20.8 Å². The number of ether oxygens (including phenoxy) is 1. The van der Waals surface area contributed by atoms with Gasteiger partial charge in [0.05, 0.1) is 22.5 Å². The molecule has 0 aromatic heterocycles. The third-order valence-electron chi connectivity index (χ3n) is 7.24. The van der Waals surface area contributed by atoms with Gasteiger partial charge in [0.25, 0.3) is 0 Å². The Labute approximate surface area is 261 Å².